The van der Waals surface area contributed by atoms with E-state index in [1.807, 2.05) is 38.1 Å². The predicted octanol–water partition coefficient (Wildman–Crippen LogP) is 2.60. The fourth-order valence-electron chi connectivity index (χ4n) is 1.84. The third kappa shape index (κ3) is 3.56. The van der Waals surface area contributed by atoms with Crippen LogP contribution in [0.1, 0.15) is 12.7 Å². The van der Waals surface area contributed by atoms with Crippen LogP contribution in [0.3, 0.4) is 0 Å². The number of nitrogens with zero attached hydrogens (tertiary/aromatic N) is 2. The van der Waals surface area contributed by atoms with Gasteiger partial charge in [-0.25, -0.2) is 4.98 Å². The molecule has 8 heteroatoms. The second kappa shape index (κ2) is 6.07. The van der Waals surface area contributed by atoms with E-state index in [0.717, 1.165) is 10.2 Å². The molecule has 1 aromatic heterocycles. The molecule has 0 unspecified atom stereocenters. The molecule has 0 saturated carbocycles. The molecular formula is C13H17BrN4O2S. The summed E-state index contributed by atoms with van der Waals surface area (Å²) < 4.78 is 28.2. The molecule has 0 aliphatic carbocycles. The zero-order chi connectivity index (χ0) is 15.6. The SMILES string of the molecule is CCc1ncc(S(=O)(=O)Nc2cc(Br)ccc2N(C)C)[nH]1. The normalized spacial score (nSPS) is 11.4. The topological polar surface area (TPSA) is 78.1 Å². The lowest BCUT2D eigenvalue weighted by Gasteiger charge is -2.18. The highest BCUT2D eigenvalue weighted by atomic mass is 79.9. The van der Waals surface area contributed by atoms with Gasteiger partial charge >= 0.3 is 0 Å². The van der Waals surface area contributed by atoms with Crippen molar-refractivity contribution in [3.8, 4) is 0 Å². The van der Waals surface area contributed by atoms with Crippen molar-refractivity contribution < 1.29 is 8.42 Å². The molecule has 0 amide bonds. The van der Waals surface area contributed by atoms with Gasteiger partial charge in [0.25, 0.3) is 10.0 Å². The Bertz CT molecular complexity index is 740. The minimum absolute atomic E-state index is 0.0593. The molecule has 0 saturated heterocycles. The molecule has 1 heterocycles. The van der Waals surface area contributed by atoms with Gasteiger partial charge in [-0.05, 0) is 18.2 Å². The molecule has 0 atom stereocenters. The number of imidazole rings is 1. The zero-order valence-corrected chi connectivity index (χ0v) is 14.4. The molecule has 6 nitrogen and oxygen atoms in total. The first-order valence-electron chi connectivity index (χ1n) is 6.37. The van der Waals surface area contributed by atoms with Gasteiger partial charge in [0.2, 0.25) is 0 Å². The van der Waals surface area contributed by atoms with Gasteiger partial charge in [-0.2, -0.15) is 8.42 Å². The van der Waals surface area contributed by atoms with Crippen LogP contribution in [0.2, 0.25) is 0 Å². The molecule has 0 aliphatic rings. The van der Waals surface area contributed by atoms with Crippen molar-refractivity contribution in [2.75, 3.05) is 23.7 Å². The van der Waals surface area contributed by atoms with Crippen LogP contribution in [0.25, 0.3) is 0 Å². The molecule has 0 bridgehead atoms. The van der Waals surface area contributed by atoms with Crippen molar-refractivity contribution in [2.45, 2.75) is 18.4 Å². The highest BCUT2D eigenvalue weighted by molar-refractivity contribution is 9.10. The summed E-state index contributed by atoms with van der Waals surface area (Å²) >= 11 is 3.35. The standard InChI is InChI=1S/C13H17BrN4O2S/c1-4-12-15-8-13(16-12)21(19,20)17-10-7-9(14)5-6-11(10)18(2)3/h5-8,17H,4H2,1-3H3,(H,15,16). The van der Waals surface area contributed by atoms with Crippen molar-refractivity contribution >= 4 is 37.3 Å². The van der Waals surface area contributed by atoms with Gasteiger partial charge in [0.15, 0.2) is 5.03 Å². The van der Waals surface area contributed by atoms with E-state index in [4.69, 9.17) is 0 Å². The molecule has 2 aromatic rings. The Morgan fingerprint density at radius 3 is 2.67 bits per heavy atom. The maximum atomic E-state index is 12.4. The third-order valence-corrected chi connectivity index (χ3v) is 4.68. The first-order chi connectivity index (χ1) is 9.83. The molecule has 114 valence electrons. The molecule has 0 spiro atoms. The van der Waals surface area contributed by atoms with Gasteiger partial charge < -0.3 is 9.88 Å². The molecule has 21 heavy (non-hydrogen) atoms. The minimum atomic E-state index is -3.69. The molecule has 0 radical (unpaired) electrons. The van der Waals surface area contributed by atoms with E-state index in [0.29, 0.717) is 17.9 Å². The number of H-pyrrole nitrogens is 1. The summed E-state index contributed by atoms with van der Waals surface area (Å²) in [6.45, 7) is 1.90. The first kappa shape index (κ1) is 15.8. The number of aromatic amines is 1. The average molecular weight is 373 g/mol. The van der Waals surface area contributed by atoms with Crippen LogP contribution in [-0.4, -0.2) is 32.5 Å². The number of anilines is 2. The van der Waals surface area contributed by atoms with Crippen molar-refractivity contribution in [1.29, 1.82) is 0 Å². The minimum Gasteiger partial charge on any atom is -0.376 e. The summed E-state index contributed by atoms with van der Waals surface area (Å²) in [5, 5.41) is 0.0593. The molecule has 1 aromatic carbocycles. The van der Waals surface area contributed by atoms with E-state index in [2.05, 4.69) is 30.6 Å². The number of aromatic nitrogens is 2. The molecular weight excluding hydrogens is 356 g/mol. The Kier molecular flexibility index (Phi) is 4.58. The van der Waals surface area contributed by atoms with Crippen molar-refractivity contribution in [1.82, 2.24) is 9.97 Å². The third-order valence-electron chi connectivity index (χ3n) is 2.91. The van der Waals surface area contributed by atoms with Crippen LogP contribution in [0, 0.1) is 0 Å². The lowest BCUT2D eigenvalue weighted by Crippen LogP contribution is -2.17. The second-order valence-electron chi connectivity index (χ2n) is 4.71. The Hall–Kier alpha value is -1.54. The number of hydrogen-bond donors (Lipinski definition) is 2. The Balaban J connectivity index is 2.38. The van der Waals surface area contributed by atoms with Gasteiger partial charge in [-0.1, -0.05) is 22.9 Å². The van der Waals surface area contributed by atoms with Gasteiger partial charge in [0.05, 0.1) is 17.6 Å². The largest absolute Gasteiger partial charge is 0.376 e. The van der Waals surface area contributed by atoms with Crippen LogP contribution >= 0.6 is 15.9 Å². The Morgan fingerprint density at radius 2 is 2.10 bits per heavy atom. The van der Waals surface area contributed by atoms with E-state index in [1.165, 1.54) is 6.20 Å². The van der Waals surface area contributed by atoms with Crippen LogP contribution in [0.4, 0.5) is 11.4 Å². The van der Waals surface area contributed by atoms with Crippen LogP contribution < -0.4 is 9.62 Å². The van der Waals surface area contributed by atoms with Crippen molar-refractivity contribution in [3.05, 3.63) is 34.7 Å². The summed E-state index contributed by atoms with van der Waals surface area (Å²) in [7, 11) is 0.0163. The molecule has 2 N–H and O–H groups in total. The fourth-order valence-corrected chi connectivity index (χ4v) is 3.21. The molecule has 0 fully saturated rings. The van der Waals surface area contributed by atoms with Gasteiger partial charge in [-0.3, -0.25) is 4.72 Å². The number of sulfonamides is 1. The van der Waals surface area contributed by atoms with Gasteiger partial charge in [0.1, 0.15) is 5.82 Å². The summed E-state index contributed by atoms with van der Waals surface area (Å²) in [6.07, 6.45) is 1.98. The Morgan fingerprint density at radius 1 is 1.38 bits per heavy atom. The van der Waals surface area contributed by atoms with E-state index >= 15 is 0 Å². The number of halogens is 1. The van der Waals surface area contributed by atoms with Gasteiger partial charge in [-0.15, -0.1) is 0 Å². The smallest absolute Gasteiger partial charge is 0.279 e. The fraction of sp³-hybridized carbons (Fsp3) is 0.308. The number of rotatable bonds is 5. The maximum absolute atomic E-state index is 12.4. The molecule has 0 aliphatic heterocycles. The number of nitrogens with one attached hydrogen (secondary N) is 2. The lowest BCUT2D eigenvalue weighted by atomic mass is 10.2. The van der Waals surface area contributed by atoms with E-state index in [-0.39, 0.29) is 5.03 Å². The summed E-state index contributed by atoms with van der Waals surface area (Å²) in [5.74, 6) is 0.637. The van der Waals surface area contributed by atoms with E-state index < -0.39 is 10.0 Å². The van der Waals surface area contributed by atoms with Crippen molar-refractivity contribution in [3.63, 3.8) is 0 Å². The van der Waals surface area contributed by atoms with Crippen molar-refractivity contribution in [2.24, 2.45) is 0 Å². The summed E-state index contributed by atoms with van der Waals surface area (Å²) in [4.78, 5) is 8.67. The summed E-state index contributed by atoms with van der Waals surface area (Å²) in [6, 6.07) is 5.43. The monoisotopic (exact) mass is 372 g/mol. The highest BCUT2D eigenvalue weighted by Gasteiger charge is 2.19. The van der Waals surface area contributed by atoms with E-state index in [1.54, 1.807) is 6.07 Å². The maximum Gasteiger partial charge on any atom is 0.279 e. The Labute approximate surface area is 132 Å². The van der Waals surface area contributed by atoms with Crippen LogP contribution in [0.5, 0.6) is 0 Å². The van der Waals surface area contributed by atoms with E-state index in [9.17, 15) is 8.42 Å². The number of hydrogen-bond acceptors (Lipinski definition) is 4. The summed E-state index contributed by atoms with van der Waals surface area (Å²) in [5.41, 5.74) is 1.28. The van der Waals surface area contributed by atoms with Crippen LogP contribution in [0.15, 0.2) is 33.9 Å². The highest BCUT2D eigenvalue weighted by Crippen LogP contribution is 2.29. The number of benzene rings is 1. The predicted molar refractivity (Wildman–Crippen MR) is 87.2 cm³/mol. The van der Waals surface area contributed by atoms with Gasteiger partial charge in [0, 0.05) is 25.0 Å². The quantitative estimate of drug-likeness (QED) is 0.845. The first-order valence-corrected chi connectivity index (χ1v) is 8.64. The molecule has 2 rings (SSSR count). The van der Waals surface area contributed by atoms with Crippen LogP contribution in [-0.2, 0) is 16.4 Å². The average Bonchev–Trinajstić information content (AvgIpc) is 2.87. The second-order valence-corrected chi connectivity index (χ2v) is 7.28. The zero-order valence-electron chi connectivity index (χ0n) is 12.0. The number of aryl methyl sites for hydroxylation is 1. The lowest BCUT2D eigenvalue weighted by molar-refractivity contribution is 0.598.